The van der Waals surface area contributed by atoms with Gasteiger partial charge in [0.25, 0.3) is 0 Å². The predicted molar refractivity (Wildman–Crippen MR) is 90.7 cm³/mol. The molecule has 2 aromatic rings. The lowest BCUT2D eigenvalue weighted by Gasteiger charge is -2.22. The molecule has 1 heterocycles. The van der Waals surface area contributed by atoms with Crippen LogP contribution in [0.3, 0.4) is 0 Å². The molecule has 118 valence electrons. The van der Waals surface area contributed by atoms with Crippen LogP contribution < -0.4 is 5.32 Å². The average molecular weight is 299 g/mol. The van der Waals surface area contributed by atoms with Crippen LogP contribution in [0.2, 0.25) is 0 Å². The maximum atomic E-state index is 4.70. The highest BCUT2D eigenvalue weighted by Crippen LogP contribution is 2.03. The summed E-state index contributed by atoms with van der Waals surface area (Å²) in [7, 11) is 2.07. The molecule has 0 atom stereocenters. The SMILES string of the molecule is CCNC(=NCCCn1cccn1)N(C)Cc1ccccc1. The minimum Gasteiger partial charge on any atom is -0.357 e. The average Bonchev–Trinajstić information content (AvgIpc) is 3.04. The fraction of sp³-hybridized carbons (Fsp3) is 0.412. The van der Waals surface area contributed by atoms with Crippen molar-refractivity contribution in [3.63, 3.8) is 0 Å². The van der Waals surface area contributed by atoms with E-state index in [0.717, 1.165) is 38.6 Å². The van der Waals surface area contributed by atoms with Gasteiger partial charge in [-0.05, 0) is 25.0 Å². The first-order valence-corrected chi connectivity index (χ1v) is 7.80. The Balaban J connectivity index is 1.85. The quantitative estimate of drug-likeness (QED) is 0.485. The van der Waals surface area contributed by atoms with Crippen molar-refractivity contribution in [3.05, 3.63) is 54.4 Å². The zero-order valence-electron chi connectivity index (χ0n) is 13.4. The maximum Gasteiger partial charge on any atom is 0.193 e. The van der Waals surface area contributed by atoms with Gasteiger partial charge in [0, 0.05) is 45.6 Å². The molecule has 1 N–H and O–H groups in total. The van der Waals surface area contributed by atoms with Gasteiger partial charge in [-0.1, -0.05) is 30.3 Å². The normalized spacial score (nSPS) is 11.5. The van der Waals surface area contributed by atoms with E-state index in [1.54, 1.807) is 6.20 Å². The monoisotopic (exact) mass is 299 g/mol. The second kappa shape index (κ2) is 8.87. The van der Waals surface area contributed by atoms with E-state index in [2.05, 4.69) is 53.6 Å². The standard InChI is InChI=1S/C17H25N5/c1-3-18-17(19-11-7-13-22-14-8-12-20-22)21(2)15-16-9-5-4-6-10-16/h4-6,8-10,12,14H,3,7,11,13,15H2,1-2H3,(H,18,19). The van der Waals surface area contributed by atoms with E-state index in [1.165, 1.54) is 5.56 Å². The minimum absolute atomic E-state index is 0.793. The molecule has 0 saturated heterocycles. The predicted octanol–water partition coefficient (Wildman–Crippen LogP) is 2.37. The first-order chi connectivity index (χ1) is 10.8. The Kier molecular flexibility index (Phi) is 6.48. The van der Waals surface area contributed by atoms with Crippen molar-refractivity contribution in [2.75, 3.05) is 20.1 Å². The van der Waals surface area contributed by atoms with Gasteiger partial charge >= 0.3 is 0 Å². The first kappa shape index (κ1) is 16.1. The number of benzene rings is 1. The summed E-state index contributed by atoms with van der Waals surface area (Å²) in [5, 5.41) is 7.55. The van der Waals surface area contributed by atoms with Crippen molar-refractivity contribution < 1.29 is 0 Å². The third-order valence-corrected chi connectivity index (χ3v) is 3.33. The van der Waals surface area contributed by atoms with E-state index in [4.69, 9.17) is 4.99 Å². The number of hydrogen-bond donors (Lipinski definition) is 1. The summed E-state index contributed by atoms with van der Waals surface area (Å²) >= 11 is 0. The summed E-state index contributed by atoms with van der Waals surface area (Å²) in [6, 6.07) is 12.4. The number of nitrogens with one attached hydrogen (secondary N) is 1. The van der Waals surface area contributed by atoms with E-state index in [-0.39, 0.29) is 0 Å². The molecule has 0 amide bonds. The largest absolute Gasteiger partial charge is 0.357 e. The van der Waals surface area contributed by atoms with Crippen LogP contribution in [0.4, 0.5) is 0 Å². The Labute approximate surface area is 132 Å². The summed E-state index contributed by atoms with van der Waals surface area (Å²) < 4.78 is 1.94. The highest BCUT2D eigenvalue weighted by atomic mass is 15.3. The molecular formula is C17H25N5. The summed E-state index contributed by atoms with van der Waals surface area (Å²) in [5.74, 6) is 0.951. The second-order valence-corrected chi connectivity index (χ2v) is 5.20. The van der Waals surface area contributed by atoms with Gasteiger partial charge in [-0.3, -0.25) is 9.67 Å². The van der Waals surface area contributed by atoms with Crippen LogP contribution in [-0.4, -0.2) is 40.8 Å². The van der Waals surface area contributed by atoms with Gasteiger partial charge in [0.15, 0.2) is 5.96 Å². The summed E-state index contributed by atoms with van der Waals surface area (Å²) in [5.41, 5.74) is 1.28. The van der Waals surface area contributed by atoms with E-state index in [1.807, 2.05) is 23.0 Å². The van der Waals surface area contributed by atoms with Crippen LogP contribution >= 0.6 is 0 Å². The van der Waals surface area contributed by atoms with Gasteiger partial charge in [0.1, 0.15) is 0 Å². The smallest absolute Gasteiger partial charge is 0.193 e. The molecule has 5 heteroatoms. The molecule has 5 nitrogen and oxygen atoms in total. The van der Waals surface area contributed by atoms with Gasteiger partial charge in [-0.2, -0.15) is 5.10 Å². The van der Waals surface area contributed by atoms with Crippen LogP contribution in [-0.2, 0) is 13.1 Å². The summed E-state index contributed by atoms with van der Waals surface area (Å²) in [6.45, 7) is 5.51. The number of aromatic nitrogens is 2. The Bertz CT molecular complexity index is 548. The zero-order chi connectivity index (χ0) is 15.6. The molecule has 1 aromatic carbocycles. The molecule has 0 saturated carbocycles. The fourth-order valence-corrected chi connectivity index (χ4v) is 2.25. The number of aliphatic imine (C=N–C) groups is 1. The van der Waals surface area contributed by atoms with Gasteiger partial charge in [-0.25, -0.2) is 0 Å². The Hall–Kier alpha value is -2.30. The van der Waals surface area contributed by atoms with Crippen molar-refractivity contribution in [3.8, 4) is 0 Å². The van der Waals surface area contributed by atoms with Crippen LogP contribution in [0, 0.1) is 0 Å². The van der Waals surface area contributed by atoms with E-state index in [9.17, 15) is 0 Å². The Morgan fingerprint density at radius 2 is 2.09 bits per heavy atom. The minimum atomic E-state index is 0.793. The number of rotatable bonds is 7. The van der Waals surface area contributed by atoms with Gasteiger partial charge in [0.2, 0.25) is 0 Å². The van der Waals surface area contributed by atoms with Crippen molar-refractivity contribution in [2.24, 2.45) is 4.99 Å². The highest BCUT2D eigenvalue weighted by molar-refractivity contribution is 5.79. The molecule has 1 aromatic heterocycles. The molecule has 0 fully saturated rings. The number of nitrogens with zero attached hydrogens (tertiary/aromatic N) is 4. The van der Waals surface area contributed by atoms with Gasteiger partial charge in [-0.15, -0.1) is 0 Å². The lowest BCUT2D eigenvalue weighted by Crippen LogP contribution is -2.38. The third-order valence-electron chi connectivity index (χ3n) is 3.33. The molecule has 0 aliphatic heterocycles. The van der Waals surface area contributed by atoms with Gasteiger partial charge < -0.3 is 10.2 Å². The van der Waals surface area contributed by atoms with Crippen LogP contribution in [0.15, 0.2) is 53.8 Å². The van der Waals surface area contributed by atoms with E-state index in [0.29, 0.717) is 0 Å². The Morgan fingerprint density at radius 1 is 1.27 bits per heavy atom. The lowest BCUT2D eigenvalue weighted by molar-refractivity contribution is 0.475. The topological polar surface area (TPSA) is 45.5 Å². The molecule has 22 heavy (non-hydrogen) atoms. The van der Waals surface area contributed by atoms with Crippen LogP contribution in [0.1, 0.15) is 18.9 Å². The second-order valence-electron chi connectivity index (χ2n) is 5.20. The molecule has 2 rings (SSSR count). The fourth-order valence-electron chi connectivity index (χ4n) is 2.25. The Morgan fingerprint density at radius 3 is 2.77 bits per heavy atom. The van der Waals surface area contributed by atoms with E-state index < -0.39 is 0 Å². The molecule has 0 spiro atoms. The van der Waals surface area contributed by atoms with Crippen LogP contribution in [0.25, 0.3) is 0 Å². The summed E-state index contributed by atoms with van der Waals surface area (Å²) in [4.78, 5) is 6.86. The third kappa shape index (κ3) is 5.24. The molecule has 0 aliphatic rings. The summed E-state index contributed by atoms with van der Waals surface area (Å²) in [6.07, 6.45) is 4.77. The highest BCUT2D eigenvalue weighted by Gasteiger charge is 2.05. The number of guanidine groups is 1. The first-order valence-electron chi connectivity index (χ1n) is 7.80. The molecule has 0 bridgehead atoms. The number of aryl methyl sites for hydroxylation is 1. The zero-order valence-corrected chi connectivity index (χ0v) is 13.4. The van der Waals surface area contributed by atoms with Crippen molar-refractivity contribution >= 4 is 5.96 Å². The number of hydrogen-bond acceptors (Lipinski definition) is 2. The molecule has 0 radical (unpaired) electrons. The van der Waals surface area contributed by atoms with Gasteiger partial charge in [0.05, 0.1) is 0 Å². The van der Waals surface area contributed by atoms with Crippen molar-refractivity contribution in [1.29, 1.82) is 0 Å². The maximum absolute atomic E-state index is 4.70. The van der Waals surface area contributed by atoms with Crippen molar-refractivity contribution in [1.82, 2.24) is 20.0 Å². The van der Waals surface area contributed by atoms with Crippen molar-refractivity contribution in [2.45, 2.75) is 26.4 Å². The molecule has 0 unspecified atom stereocenters. The van der Waals surface area contributed by atoms with E-state index >= 15 is 0 Å². The molecule has 0 aliphatic carbocycles. The lowest BCUT2D eigenvalue weighted by atomic mass is 10.2. The molecular weight excluding hydrogens is 274 g/mol. The van der Waals surface area contributed by atoms with Crippen LogP contribution in [0.5, 0.6) is 0 Å².